The quantitative estimate of drug-likeness (QED) is 0.284. The molecule has 1 fully saturated rings. The first-order chi connectivity index (χ1) is 17.1. The van der Waals surface area contributed by atoms with Gasteiger partial charge in [-0.3, -0.25) is 9.59 Å². The summed E-state index contributed by atoms with van der Waals surface area (Å²) in [5.41, 5.74) is 1.87. The van der Waals surface area contributed by atoms with Crippen LogP contribution >= 0.6 is 11.8 Å². The van der Waals surface area contributed by atoms with E-state index in [0.717, 1.165) is 54.1 Å². The van der Waals surface area contributed by atoms with Crippen molar-refractivity contribution >= 4 is 22.1 Å². The summed E-state index contributed by atoms with van der Waals surface area (Å²) in [6, 6.07) is 22.4. The summed E-state index contributed by atoms with van der Waals surface area (Å²) < 4.78 is 17.9. The fraction of sp³-hybridized carbons (Fsp3) is 0.286. The van der Waals surface area contributed by atoms with Crippen LogP contribution in [0.15, 0.2) is 72.8 Å². The topological polar surface area (TPSA) is 73.9 Å². The molecule has 0 radical (unpaired) electrons. The second kappa shape index (κ2) is 12.3. The van der Waals surface area contributed by atoms with Crippen molar-refractivity contribution in [1.82, 2.24) is 5.32 Å². The number of carbonyl (C=O) groups excluding carboxylic acids is 2. The SMILES string of the molecule is CCCc1cc(Oc2ccccc2)ccc1OCCCCOc1cccc(C2NC(=O)SC2=O)c1. The summed E-state index contributed by atoms with van der Waals surface area (Å²) in [6.45, 7) is 3.28. The number of nitrogens with one attached hydrogen (secondary N) is 1. The van der Waals surface area contributed by atoms with Crippen LogP contribution in [-0.4, -0.2) is 23.6 Å². The lowest BCUT2D eigenvalue weighted by atomic mass is 10.1. The number of amides is 1. The van der Waals surface area contributed by atoms with E-state index in [-0.39, 0.29) is 10.4 Å². The Labute approximate surface area is 210 Å². The maximum absolute atomic E-state index is 11.9. The number of carbonyl (C=O) groups is 2. The van der Waals surface area contributed by atoms with Gasteiger partial charge in [-0.1, -0.05) is 43.7 Å². The van der Waals surface area contributed by atoms with Crippen molar-refractivity contribution < 1.29 is 23.8 Å². The number of ether oxygens (including phenoxy) is 3. The Bertz CT molecular complexity index is 1150. The summed E-state index contributed by atoms with van der Waals surface area (Å²) in [4.78, 5) is 23.4. The standard InChI is InChI=1S/C28H29NO5S/c1-2-9-20-18-24(34-22-11-4-3-5-12-22)14-15-25(20)33-17-7-6-16-32-23-13-8-10-21(19-23)26-27(30)35-28(31)29-26/h3-5,8,10-15,18-19,26H,2,6-7,9,16-17H2,1H3,(H,29,31). The maximum atomic E-state index is 11.9. The van der Waals surface area contributed by atoms with Crippen LogP contribution in [0.25, 0.3) is 0 Å². The van der Waals surface area contributed by atoms with Crippen LogP contribution in [0.4, 0.5) is 4.79 Å². The molecule has 3 aromatic rings. The highest BCUT2D eigenvalue weighted by atomic mass is 32.2. The molecule has 0 aliphatic carbocycles. The van der Waals surface area contributed by atoms with Crippen molar-refractivity contribution in [3.05, 3.63) is 83.9 Å². The van der Waals surface area contributed by atoms with Crippen molar-refractivity contribution in [3.8, 4) is 23.0 Å². The lowest BCUT2D eigenvalue weighted by Gasteiger charge is -2.14. The monoisotopic (exact) mass is 491 g/mol. The van der Waals surface area contributed by atoms with Gasteiger partial charge in [-0.25, -0.2) is 0 Å². The molecular weight excluding hydrogens is 462 g/mol. The van der Waals surface area contributed by atoms with Crippen molar-refractivity contribution in [3.63, 3.8) is 0 Å². The van der Waals surface area contributed by atoms with E-state index in [9.17, 15) is 9.59 Å². The molecule has 0 saturated carbocycles. The van der Waals surface area contributed by atoms with Crippen LogP contribution in [0.3, 0.4) is 0 Å². The zero-order chi connectivity index (χ0) is 24.5. The largest absolute Gasteiger partial charge is 0.494 e. The highest BCUT2D eigenvalue weighted by Crippen LogP contribution is 2.30. The summed E-state index contributed by atoms with van der Waals surface area (Å²) in [6.07, 6.45) is 3.62. The number of para-hydroxylation sites is 1. The molecule has 4 rings (SSSR count). The highest BCUT2D eigenvalue weighted by Gasteiger charge is 2.32. The normalized spacial score (nSPS) is 15.1. The van der Waals surface area contributed by atoms with E-state index < -0.39 is 6.04 Å². The molecule has 1 amide bonds. The molecule has 1 saturated heterocycles. The van der Waals surface area contributed by atoms with E-state index in [1.165, 1.54) is 0 Å². The van der Waals surface area contributed by atoms with Gasteiger partial charge in [0, 0.05) is 11.8 Å². The first-order valence-corrected chi connectivity index (χ1v) is 12.7. The third-order valence-corrected chi connectivity index (χ3v) is 6.22. The number of hydrogen-bond donors (Lipinski definition) is 1. The third kappa shape index (κ3) is 7.02. The Morgan fingerprint density at radius 3 is 2.34 bits per heavy atom. The van der Waals surface area contributed by atoms with Gasteiger partial charge < -0.3 is 19.5 Å². The van der Waals surface area contributed by atoms with E-state index >= 15 is 0 Å². The van der Waals surface area contributed by atoms with Gasteiger partial charge in [0.2, 0.25) is 5.12 Å². The molecule has 182 valence electrons. The summed E-state index contributed by atoms with van der Waals surface area (Å²) in [7, 11) is 0. The number of unbranched alkanes of at least 4 members (excludes halogenated alkanes) is 1. The first-order valence-electron chi connectivity index (χ1n) is 11.9. The molecule has 1 aliphatic heterocycles. The van der Waals surface area contributed by atoms with Gasteiger partial charge in [0.15, 0.2) is 0 Å². The Morgan fingerprint density at radius 1 is 0.829 bits per heavy atom. The second-order valence-corrected chi connectivity index (χ2v) is 9.17. The molecule has 0 spiro atoms. The Morgan fingerprint density at radius 2 is 1.60 bits per heavy atom. The number of rotatable bonds is 12. The Kier molecular flexibility index (Phi) is 8.68. The minimum absolute atomic E-state index is 0.189. The van der Waals surface area contributed by atoms with Crippen molar-refractivity contribution in [2.24, 2.45) is 0 Å². The zero-order valence-corrected chi connectivity index (χ0v) is 20.5. The average molecular weight is 492 g/mol. The summed E-state index contributed by atoms with van der Waals surface area (Å²) >= 11 is 0.708. The summed E-state index contributed by atoms with van der Waals surface area (Å²) in [5, 5.41) is 2.17. The highest BCUT2D eigenvalue weighted by molar-refractivity contribution is 8.26. The molecule has 7 heteroatoms. The number of aryl methyl sites for hydroxylation is 1. The van der Waals surface area contributed by atoms with Gasteiger partial charge in [-0.2, -0.15) is 0 Å². The molecule has 1 heterocycles. The molecule has 0 aromatic heterocycles. The Balaban J connectivity index is 1.23. The zero-order valence-electron chi connectivity index (χ0n) is 19.7. The predicted molar refractivity (Wildman–Crippen MR) is 137 cm³/mol. The molecule has 1 unspecified atom stereocenters. The lowest BCUT2D eigenvalue weighted by Crippen LogP contribution is -2.19. The van der Waals surface area contributed by atoms with E-state index in [2.05, 4.69) is 18.3 Å². The van der Waals surface area contributed by atoms with Gasteiger partial charge in [-0.05, 0) is 72.9 Å². The molecule has 0 bridgehead atoms. The fourth-order valence-corrected chi connectivity index (χ4v) is 4.46. The molecular formula is C28H29NO5S. The molecule has 1 aliphatic rings. The van der Waals surface area contributed by atoms with Crippen molar-refractivity contribution in [2.75, 3.05) is 13.2 Å². The lowest BCUT2D eigenvalue weighted by molar-refractivity contribution is -0.112. The van der Waals surface area contributed by atoms with E-state index in [4.69, 9.17) is 14.2 Å². The van der Waals surface area contributed by atoms with Gasteiger partial charge in [0.1, 0.15) is 29.0 Å². The minimum Gasteiger partial charge on any atom is -0.494 e. The maximum Gasteiger partial charge on any atom is 0.287 e. The number of thioether (sulfide) groups is 1. The van der Waals surface area contributed by atoms with Crippen LogP contribution in [0.1, 0.15) is 43.4 Å². The smallest absolute Gasteiger partial charge is 0.287 e. The molecule has 35 heavy (non-hydrogen) atoms. The number of benzene rings is 3. The van der Waals surface area contributed by atoms with Crippen LogP contribution in [0, 0.1) is 0 Å². The molecule has 1 atom stereocenters. The van der Waals surface area contributed by atoms with Gasteiger partial charge in [-0.15, -0.1) is 0 Å². The molecule has 3 aromatic carbocycles. The van der Waals surface area contributed by atoms with Gasteiger partial charge >= 0.3 is 0 Å². The predicted octanol–water partition coefficient (Wildman–Crippen LogP) is 6.69. The van der Waals surface area contributed by atoms with Crippen molar-refractivity contribution in [2.45, 2.75) is 38.6 Å². The van der Waals surface area contributed by atoms with Gasteiger partial charge in [0.25, 0.3) is 5.24 Å². The van der Waals surface area contributed by atoms with E-state index in [1.54, 1.807) is 6.07 Å². The fourth-order valence-electron chi connectivity index (χ4n) is 3.79. The van der Waals surface area contributed by atoms with Gasteiger partial charge in [0.05, 0.1) is 13.2 Å². The van der Waals surface area contributed by atoms with E-state index in [0.29, 0.717) is 30.7 Å². The summed E-state index contributed by atoms with van der Waals surface area (Å²) in [5.74, 6) is 3.19. The van der Waals surface area contributed by atoms with Crippen molar-refractivity contribution in [1.29, 1.82) is 0 Å². The average Bonchev–Trinajstić information content (AvgIpc) is 3.21. The van der Waals surface area contributed by atoms with Crippen LogP contribution < -0.4 is 19.5 Å². The number of hydrogen-bond acceptors (Lipinski definition) is 6. The van der Waals surface area contributed by atoms with Crippen LogP contribution in [0.5, 0.6) is 23.0 Å². The first kappa shape index (κ1) is 24.7. The molecule has 1 N–H and O–H groups in total. The molecule has 6 nitrogen and oxygen atoms in total. The Hall–Kier alpha value is -3.45. The van der Waals surface area contributed by atoms with Crippen LogP contribution in [0.2, 0.25) is 0 Å². The van der Waals surface area contributed by atoms with Crippen LogP contribution in [-0.2, 0) is 11.2 Å². The van der Waals surface area contributed by atoms with E-state index in [1.807, 2.05) is 60.7 Å². The second-order valence-electron chi connectivity index (χ2n) is 8.20. The minimum atomic E-state index is -0.605. The third-order valence-electron chi connectivity index (χ3n) is 5.48.